The normalized spacial score (nSPS) is 20.7. The van der Waals surface area contributed by atoms with Gasteiger partial charge in [-0.05, 0) is 18.5 Å². The summed E-state index contributed by atoms with van der Waals surface area (Å²) >= 11 is 0. The van der Waals surface area contributed by atoms with Gasteiger partial charge in [-0.2, -0.15) is 5.26 Å². The Morgan fingerprint density at radius 3 is 2.72 bits per heavy atom. The molecule has 1 heterocycles. The molecule has 96 valence electrons. The van der Waals surface area contributed by atoms with E-state index in [1.807, 2.05) is 18.2 Å². The monoisotopic (exact) mass is 243 g/mol. The van der Waals surface area contributed by atoms with Crippen molar-refractivity contribution in [1.82, 2.24) is 10.2 Å². The second-order valence-electron chi connectivity index (χ2n) is 4.91. The summed E-state index contributed by atoms with van der Waals surface area (Å²) in [6.45, 7) is 6.19. The van der Waals surface area contributed by atoms with Crippen LogP contribution < -0.4 is 5.32 Å². The molecule has 0 bridgehead atoms. The molecule has 0 aliphatic carbocycles. The molecular formula is C15H21N3. The molecule has 3 nitrogen and oxygen atoms in total. The summed E-state index contributed by atoms with van der Waals surface area (Å²) in [4.78, 5) is 2.32. The number of nitrogens with one attached hydrogen (secondary N) is 1. The van der Waals surface area contributed by atoms with Gasteiger partial charge in [0.1, 0.15) is 6.04 Å². The fourth-order valence-electron chi connectivity index (χ4n) is 2.59. The predicted molar refractivity (Wildman–Crippen MR) is 73.3 cm³/mol. The van der Waals surface area contributed by atoms with E-state index in [9.17, 15) is 5.26 Å². The maximum Gasteiger partial charge on any atom is 0.104 e. The second-order valence-corrected chi connectivity index (χ2v) is 4.91. The van der Waals surface area contributed by atoms with Crippen molar-refractivity contribution in [3.63, 3.8) is 0 Å². The van der Waals surface area contributed by atoms with Crippen molar-refractivity contribution < 1.29 is 0 Å². The summed E-state index contributed by atoms with van der Waals surface area (Å²) in [6.07, 6.45) is 1.12. The topological polar surface area (TPSA) is 39.1 Å². The summed E-state index contributed by atoms with van der Waals surface area (Å²) in [5.41, 5.74) is 1.25. The molecule has 0 saturated carbocycles. The molecule has 2 unspecified atom stereocenters. The Balaban J connectivity index is 2.10. The third-order valence-corrected chi connectivity index (χ3v) is 3.70. The maximum atomic E-state index is 9.49. The Labute approximate surface area is 109 Å². The van der Waals surface area contributed by atoms with Crippen molar-refractivity contribution in [2.24, 2.45) is 0 Å². The molecule has 1 fully saturated rings. The van der Waals surface area contributed by atoms with Gasteiger partial charge in [-0.25, -0.2) is 0 Å². The fourth-order valence-corrected chi connectivity index (χ4v) is 2.59. The van der Waals surface area contributed by atoms with E-state index in [2.05, 4.69) is 35.3 Å². The Hall–Kier alpha value is -1.37. The van der Waals surface area contributed by atoms with Crippen LogP contribution in [0.5, 0.6) is 0 Å². The Morgan fingerprint density at radius 1 is 1.22 bits per heavy atom. The van der Waals surface area contributed by atoms with Crippen LogP contribution >= 0.6 is 0 Å². The van der Waals surface area contributed by atoms with Crippen molar-refractivity contribution in [3.05, 3.63) is 35.9 Å². The second kappa shape index (κ2) is 6.53. The summed E-state index contributed by atoms with van der Waals surface area (Å²) in [5.74, 6) is 0.259. The van der Waals surface area contributed by atoms with Gasteiger partial charge in [0.25, 0.3) is 0 Å². The molecule has 0 amide bonds. The Bertz CT molecular complexity index is 388. The first kappa shape index (κ1) is 13.1. The van der Waals surface area contributed by atoms with Crippen molar-refractivity contribution in [3.8, 4) is 6.07 Å². The minimum Gasteiger partial charge on any atom is -0.315 e. The van der Waals surface area contributed by atoms with Gasteiger partial charge in [0.15, 0.2) is 0 Å². The Morgan fingerprint density at radius 2 is 2.00 bits per heavy atom. The Kier molecular flexibility index (Phi) is 4.74. The quantitative estimate of drug-likeness (QED) is 0.882. The number of hydrogen-bond donors (Lipinski definition) is 1. The number of benzene rings is 1. The van der Waals surface area contributed by atoms with Crippen LogP contribution in [0.1, 0.15) is 24.8 Å². The van der Waals surface area contributed by atoms with Gasteiger partial charge >= 0.3 is 0 Å². The molecular weight excluding hydrogens is 222 g/mol. The summed E-state index contributed by atoms with van der Waals surface area (Å²) in [6, 6.07) is 12.8. The fraction of sp³-hybridized carbons (Fsp3) is 0.533. The molecule has 1 N–H and O–H groups in total. The first-order valence-corrected chi connectivity index (χ1v) is 6.72. The smallest absolute Gasteiger partial charge is 0.104 e. The third kappa shape index (κ3) is 3.10. The van der Waals surface area contributed by atoms with Crippen LogP contribution in [0.15, 0.2) is 30.3 Å². The number of rotatable bonds is 3. The summed E-state index contributed by atoms with van der Waals surface area (Å²) in [5, 5.41) is 12.9. The summed E-state index contributed by atoms with van der Waals surface area (Å²) < 4.78 is 0. The van der Waals surface area contributed by atoms with Gasteiger partial charge in [-0.15, -0.1) is 0 Å². The van der Waals surface area contributed by atoms with Crippen LogP contribution in [0.4, 0.5) is 0 Å². The van der Waals surface area contributed by atoms with Gasteiger partial charge in [-0.1, -0.05) is 37.3 Å². The first-order chi connectivity index (χ1) is 8.83. The first-order valence-electron chi connectivity index (χ1n) is 6.72. The van der Waals surface area contributed by atoms with Crippen molar-refractivity contribution in [2.45, 2.75) is 25.3 Å². The largest absolute Gasteiger partial charge is 0.315 e. The summed E-state index contributed by atoms with van der Waals surface area (Å²) in [7, 11) is 0. The highest BCUT2D eigenvalue weighted by atomic mass is 15.2. The van der Waals surface area contributed by atoms with Crippen LogP contribution in [0.3, 0.4) is 0 Å². The lowest BCUT2D eigenvalue weighted by Gasteiger charge is -2.29. The molecule has 0 radical (unpaired) electrons. The van der Waals surface area contributed by atoms with Crippen LogP contribution in [0.25, 0.3) is 0 Å². The molecule has 1 aromatic carbocycles. The molecule has 0 aromatic heterocycles. The van der Waals surface area contributed by atoms with Crippen LogP contribution in [0, 0.1) is 11.3 Å². The predicted octanol–water partition coefficient (Wildman–Crippen LogP) is 1.98. The average Bonchev–Trinajstić information content (AvgIpc) is 2.70. The molecule has 2 atom stereocenters. The van der Waals surface area contributed by atoms with Crippen LogP contribution in [-0.2, 0) is 0 Å². The van der Waals surface area contributed by atoms with Gasteiger partial charge in [-0.3, -0.25) is 4.90 Å². The average molecular weight is 243 g/mol. The van der Waals surface area contributed by atoms with E-state index >= 15 is 0 Å². The highest BCUT2D eigenvalue weighted by Crippen LogP contribution is 2.23. The van der Waals surface area contributed by atoms with E-state index in [0.717, 1.165) is 32.6 Å². The molecule has 3 heteroatoms. The highest BCUT2D eigenvalue weighted by Gasteiger charge is 2.25. The molecule has 1 aromatic rings. The van der Waals surface area contributed by atoms with Crippen molar-refractivity contribution in [2.75, 3.05) is 26.2 Å². The van der Waals surface area contributed by atoms with E-state index < -0.39 is 0 Å². The SMILES string of the molecule is CC(c1ccccc1)C(C#N)N1CCCNCC1. The molecule has 0 spiro atoms. The van der Waals surface area contributed by atoms with E-state index in [0.29, 0.717) is 0 Å². The van der Waals surface area contributed by atoms with Gasteiger partial charge in [0, 0.05) is 25.6 Å². The zero-order valence-corrected chi connectivity index (χ0v) is 11.0. The maximum absolute atomic E-state index is 9.49. The minimum absolute atomic E-state index is 0.0210. The van der Waals surface area contributed by atoms with Crippen molar-refractivity contribution >= 4 is 0 Å². The minimum atomic E-state index is -0.0210. The van der Waals surface area contributed by atoms with Crippen molar-refractivity contribution in [1.29, 1.82) is 5.26 Å². The van der Waals surface area contributed by atoms with Gasteiger partial charge in [0.2, 0.25) is 0 Å². The number of nitriles is 1. The highest BCUT2D eigenvalue weighted by molar-refractivity contribution is 5.23. The standard InChI is InChI=1S/C15H21N3/c1-13(14-6-3-2-4-7-14)15(12-16)18-10-5-8-17-9-11-18/h2-4,6-7,13,15,17H,5,8-11H2,1H3. The lowest BCUT2D eigenvalue weighted by Crippen LogP contribution is -2.40. The molecule has 1 aliphatic rings. The van der Waals surface area contributed by atoms with Crippen LogP contribution in [0.2, 0.25) is 0 Å². The molecule has 18 heavy (non-hydrogen) atoms. The van der Waals surface area contributed by atoms with E-state index in [1.165, 1.54) is 5.56 Å². The third-order valence-electron chi connectivity index (χ3n) is 3.70. The van der Waals surface area contributed by atoms with E-state index in [1.54, 1.807) is 0 Å². The van der Waals surface area contributed by atoms with Crippen LogP contribution in [-0.4, -0.2) is 37.1 Å². The van der Waals surface area contributed by atoms with E-state index in [-0.39, 0.29) is 12.0 Å². The lowest BCUT2D eigenvalue weighted by molar-refractivity contribution is 0.227. The van der Waals surface area contributed by atoms with Gasteiger partial charge in [0.05, 0.1) is 6.07 Å². The lowest BCUT2D eigenvalue weighted by atomic mass is 9.93. The van der Waals surface area contributed by atoms with E-state index in [4.69, 9.17) is 0 Å². The zero-order chi connectivity index (χ0) is 12.8. The van der Waals surface area contributed by atoms with Gasteiger partial charge < -0.3 is 5.32 Å². The number of hydrogen-bond acceptors (Lipinski definition) is 3. The zero-order valence-electron chi connectivity index (χ0n) is 11.0. The number of nitrogens with zero attached hydrogens (tertiary/aromatic N) is 2. The molecule has 1 saturated heterocycles. The molecule has 1 aliphatic heterocycles. The molecule has 2 rings (SSSR count).